The van der Waals surface area contributed by atoms with Gasteiger partial charge in [0.15, 0.2) is 16.3 Å². The Morgan fingerprint density at radius 2 is 1.62 bits per heavy atom. The third-order valence-electron chi connectivity index (χ3n) is 5.22. The summed E-state index contributed by atoms with van der Waals surface area (Å²) in [6.45, 7) is 4.79. The zero-order valence-electron chi connectivity index (χ0n) is 18.2. The normalized spacial score (nSPS) is 11.8. The van der Waals surface area contributed by atoms with Gasteiger partial charge in [0, 0.05) is 19.3 Å². The van der Waals surface area contributed by atoms with Crippen LogP contribution in [-0.4, -0.2) is 24.9 Å². The summed E-state index contributed by atoms with van der Waals surface area (Å²) in [4.78, 5) is 31.2. The highest BCUT2D eigenvalue weighted by molar-refractivity contribution is 7.99. The maximum absolute atomic E-state index is 12.3. The second-order valence-electron chi connectivity index (χ2n) is 7.59. The summed E-state index contributed by atoms with van der Waals surface area (Å²) in [5.74, 6) is 0.974. The molecule has 2 rings (SSSR count). The Morgan fingerprint density at radius 1 is 1.00 bits per heavy atom. The summed E-state index contributed by atoms with van der Waals surface area (Å²) in [7, 11) is 1.64. The van der Waals surface area contributed by atoms with E-state index in [1.54, 1.807) is 18.8 Å². The number of hydrogen-bond donors (Lipinski definition) is 1. The summed E-state index contributed by atoms with van der Waals surface area (Å²) in [5.41, 5.74) is 0.125. The molecule has 0 radical (unpaired) electrons. The van der Waals surface area contributed by atoms with E-state index >= 15 is 0 Å². The molecule has 2 aromatic heterocycles. The number of allylic oxidation sites excluding steroid dienone is 2. The van der Waals surface area contributed by atoms with E-state index in [-0.39, 0.29) is 5.56 Å². The predicted molar refractivity (Wildman–Crippen MR) is 123 cm³/mol. The van der Waals surface area contributed by atoms with Crippen molar-refractivity contribution in [2.45, 2.75) is 89.8 Å². The minimum Gasteiger partial charge on any atom is -0.309 e. The van der Waals surface area contributed by atoms with Crippen molar-refractivity contribution in [1.82, 2.24) is 19.1 Å². The Bertz CT molecular complexity index is 895. The molecule has 0 aromatic carbocycles. The standard InChI is InChI=1S/C22H36N4O2S/c1-4-6-8-9-10-11-12-13-14-15-17-29-22-23-19-18(26(22)16-7-5-2)20(27)24-21(28)25(19)3/h5,7H,4,6,8-17H2,1-3H3,(H,24,27,28)/b7-5+. The molecule has 0 aliphatic carbocycles. The SMILES string of the molecule is C/C=C/Cn1c(SCCCCCCCCCCCC)nc2c1c(=O)[nH]c(=O)n2C. The van der Waals surface area contributed by atoms with Crippen LogP contribution in [-0.2, 0) is 13.6 Å². The van der Waals surface area contributed by atoms with Crippen molar-refractivity contribution in [1.29, 1.82) is 0 Å². The Balaban J connectivity index is 1.86. The molecular formula is C22H36N4O2S. The quantitative estimate of drug-likeness (QED) is 0.265. The van der Waals surface area contributed by atoms with Gasteiger partial charge in [0.25, 0.3) is 5.56 Å². The molecule has 6 nitrogen and oxygen atoms in total. The van der Waals surface area contributed by atoms with Gasteiger partial charge in [-0.3, -0.25) is 14.3 Å². The maximum atomic E-state index is 12.3. The third kappa shape index (κ3) is 6.91. The minimum atomic E-state index is -0.426. The van der Waals surface area contributed by atoms with Crippen molar-refractivity contribution in [2.75, 3.05) is 5.75 Å². The van der Waals surface area contributed by atoms with Gasteiger partial charge in [-0.25, -0.2) is 9.78 Å². The summed E-state index contributed by atoms with van der Waals surface area (Å²) < 4.78 is 3.32. The van der Waals surface area contributed by atoms with Crippen molar-refractivity contribution < 1.29 is 0 Å². The highest BCUT2D eigenvalue weighted by Gasteiger charge is 2.16. The van der Waals surface area contributed by atoms with Crippen LogP contribution in [0.1, 0.15) is 78.1 Å². The minimum absolute atomic E-state index is 0.370. The Kier molecular flexibility index (Phi) is 10.3. The molecule has 0 saturated carbocycles. The lowest BCUT2D eigenvalue weighted by Crippen LogP contribution is -2.29. The van der Waals surface area contributed by atoms with Gasteiger partial charge < -0.3 is 4.57 Å². The van der Waals surface area contributed by atoms with Gasteiger partial charge in [-0.15, -0.1) is 0 Å². The van der Waals surface area contributed by atoms with Crippen LogP contribution in [0.3, 0.4) is 0 Å². The van der Waals surface area contributed by atoms with Crippen LogP contribution in [0.5, 0.6) is 0 Å². The number of aromatic nitrogens is 4. The van der Waals surface area contributed by atoms with E-state index in [2.05, 4.69) is 16.9 Å². The lowest BCUT2D eigenvalue weighted by atomic mass is 10.1. The molecule has 0 aliphatic rings. The number of aromatic amines is 1. The molecule has 162 valence electrons. The maximum Gasteiger partial charge on any atom is 0.329 e. The monoisotopic (exact) mass is 420 g/mol. The average molecular weight is 421 g/mol. The van der Waals surface area contributed by atoms with Crippen LogP contribution in [0.2, 0.25) is 0 Å². The van der Waals surface area contributed by atoms with E-state index < -0.39 is 5.69 Å². The highest BCUT2D eigenvalue weighted by Crippen LogP contribution is 2.23. The Labute approximate surface area is 177 Å². The number of H-pyrrole nitrogens is 1. The Hall–Kier alpha value is -1.76. The number of imidazole rings is 1. The molecule has 0 bridgehead atoms. The molecule has 0 fully saturated rings. The lowest BCUT2D eigenvalue weighted by Gasteiger charge is -2.06. The van der Waals surface area contributed by atoms with E-state index in [4.69, 9.17) is 0 Å². The van der Waals surface area contributed by atoms with Crippen LogP contribution in [0.4, 0.5) is 0 Å². The fraction of sp³-hybridized carbons (Fsp3) is 0.682. The van der Waals surface area contributed by atoms with Gasteiger partial charge in [-0.1, -0.05) is 88.6 Å². The molecule has 0 saturated heterocycles. The highest BCUT2D eigenvalue weighted by atomic mass is 32.2. The first-order valence-electron chi connectivity index (χ1n) is 11.0. The van der Waals surface area contributed by atoms with Crippen LogP contribution in [0.15, 0.2) is 26.9 Å². The number of fused-ring (bicyclic) bond motifs is 1. The molecule has 2 aromatic rings. The zero-order chi connectivity index (χ0) is 21.1. The van der Waals surface area contributed by atoms with E-state index in [1.807, 2.05) is 23.6 Å². The number of nitrogens with one attached hydrogen (secondary N) is 1. The first kappa shape index (κ1) is 23.5. The van der Waals surface area contributed by atoms with E-state index in [0.717, 1.165) is 17.3 Å². The molecule has 1 N–H and O–H groups in total. The first-order chi connectivity index (χ1) is 14.1. The van der Waals surface area contributed by atoms with Crippen molar-refractivity contribution in [3.05, 3.63) is 33.0 Å². The summed E-state index contributed by atoms with van der Waals surface area (Å²) in [5, 5.41) is 0.806. The second-order valence-corrected chi connectivity index (χ2v) is 8.66. The van der Waals surface area contributed by atoms with E-state index in [9.17, 15) is 9.59 Å². The van der Waals surface area contributed by atoms with Crippen molar-refractivity contribution in [3.63, 3.8) is 0 Å². The smallest absolute Gasteiger partial charge is 0.309 e. The van der Waals surface area contributed by atoms with E-state index in [1.165, 1.54) is 62.4 Å². The molecule has 0 unspecified atom stereocenters. The Morgan fingerprint density at radius 3 is 2.24 bits per heavy atom. The van der Waals surface area contributed by atoms with E-state index in [0.29, 0.717) is 17.7 Å². The number of hydrogen-bond acceptors (Lipinski definition) is 4. The number of thioether (sulfide) groups is 1. The molecule has 0 aliphatic heterocycles. The van der Waals surface area contributed by atoms with Gasteiger partial charge in [0.05, 0.1) is 0 Å². The molecule has 7 heteroatoms. The number of aryl methyl sites for hydroxylation is 1. The van der Waals surface area contributed by atoms with Crippen LogP contribution in [0, 0.1) is 0 Å². The number of rotatable bonds is 14. The van der Waals surface area contributed by atoms with Gasteiger partial charge >= 0.3 is 5.69 Å². The van der Waals surface area contributed by atoms with Crippen LogP contribution >= 0.6 is 11.8 Å². The third-order valence-corrected chi connectivity index (χ3v) is 6.29. The topological polar surface area (TPSA) is 72.7 Å². The van der Waals surface area contributed by atoms with Gasteiger partial charge in [-0.05, 0) is 13.3 Å². The molecule has 0 spiro atoms. The average Bonchev–Trinajstić information content (AvgIpc) is 3.07. The second kappa shape index (κ2) is 12.7. The van der Waals surface area contributed by atoms with Gasteiger partial charge in [-0.2, -0.15) is 0 Å². The zero-order valence-corrected chi connectivity index (χ0v) is 19.0. The van der Waals surface area contributed by atoms with Gasteiger partial charge in [0.2, 0.25) is 0 Å². The summed E-state index contributed by atoms with van der Waals surface area (Å²) in [6.07, 6.45) is 17.1. The van der Waals surface area contributed by atoms with Crippen molar-refractivity contribution in [3.8, 4) is 0 Å². The molecular weight excluding hydrogens is 384 g/mol. The summed E-state index contributed by atoms with van der Waals surface area (Å²) >= 11 is 1.67. The largest absolute Gasteiger partial charge is 0.329 e. The van der Waals surface area contributed by atoms with Crippen molar-refractivity contribution >= 4 is 22.9 Å². The first-order valence-corrected chi connectivity index (χ1v) is 12.0. The summed E-state index contributed by atoms with van der Waals surface area (Å²) in [6, 6.07) is 0. The van der Waals surface area contributed by atoms with Crippen LogP contribution < -0.4 is 11.2 Å². The number of unbranched alkanes of at least 4 members (excludes halogenated alkanes) is 9. The molecule has 0 atom stereocenters. The molecule has 2 heterocycles. The predicted octanol–water partition coefficient (Wildman–Crippen LogP) is 5.01. The lowest BCUT2D eigenvalue weighted by molar-refractivity contribution is 0.563. The molecule has 29 heavy (non-hydrogen) atoms. The van der Waals surface area contributed by atoms with Crippen molar-refractivity contribution in [2.24, 2.45) is 7.05 Å². The fourth-order valence-corrected chi connectivity index (χ4v) is 4.46. The fourth-order valence-electron chi connectivity index (χ4n) is 3.46. The van der Waals surface area contributed by atoms with Crippen LogP contribution in [0.25, 0.3) is 11.2 Å². The molecule has 0 amide bonds. The number of nitrogens with zero attached hydrogens (tertiary/aromatic N) is 3. The van der Waals surface area contributed by atoms with Gasteiger partial charge in [0.1, 0.15) is 0 Å².